The molecule has 136 valence electrons. The molecule has 0 aliphatic rings. The third-order valence-corrected chi connectivity index (χ3v) is 4.89. The number of hydrogen-bond donors (Lipinski definition) is 0. The van der Waals surface area contributed by atoms with Crippen molar-refractivity contribution in [2.45, 2.75) is 24.5 Å². The highest BCUT2D eigenvalue weighted by Crippen LogP contribution is 2.18. The Hall–Kier alpha value is -3.07. The molecule has 4 aromatic rings. The Balaban J connectivity index is 1.28. The van der Waals surface area contributed by atoms with Crippen molar-refractivity contribution >= 4 is 11.8 Å². The lowest BCUT2D eigenvalue weighted by Gasteiger charge is -2.04. The van der Waals surface area contributed by atoms with Gasteiger partial charge in [-0.05, 0) is 34.5 Å². The van der Waals surface area contributed by atoms with Crippen LogP contribution in [0.25, 0.3) is 11.4 Å². The van der Waals surface area contributed by atoms with Crippen molar-refractivity contribution in [2.24, 2.45) is 0 Å². The second-order valence-electron chi connectivity index (χ2n) is 5.80. The molecule has 0 saturated heterocycles. The number of aromatic nitrogens is 7. The Morgan fingerprint density at radius 1 is 1.04 bits per heavy atom. The second kappa shape index (κ2) is 8.54. The fourth-order valence-corrected chi connectivity index (χ4v) is 3.33. The molecule has 4 rings (SSSR count). The molecule has 8 nitrogen and oxygen atoms in total. The maximum absolute atomic E-state index is 5.32. The lowest BCUT2D eigenvalue weighted by Crippen LogP contribution is -2.04. The summed E-state index contributed by atoms with van der Waals surface area (Å²) in [5, 5.41) is 16.8. The molecule has 0 aliphatic heterocycles. The van der Waals surface area contributed by atoms with Gasteiger partial charge in [-0.1, -0.05) is 47.3 Å². The van der Waals surface area contributed by atoms with Crippen LogP contribution in [-0.4, -0.2) is 41.1 Å². The zero-order chi connectivity index (χ0) is 18.3. The van der Waals surface area contributed by atoms with Crippen molar-refractivity contribution in [3.63, 3.8) is 0 Å². The van der Waals surface area contributed by atoms with E-state index in [1.54, 1.807) is 24.2 Å². The predicted octanol–water partition coefficient (Wildman–Crippen LogP) is 2.89. The van der Waals surface area contributed by atoms with Gasteiger partial charge in [0.15, 0.2) is 0 Å². The van der Waals surface area contributed by atoms with Gasteiger partial charge in [-0.2, -0.15) is 4.98 Å². The maximum atomic E-state index is 5.32. The number of rotatable bonds is 8. The average Bonchev–Trinajstić information content (AvgIpc) is 3.36. The van der Waals surface area contributed by atoms with Crippen LogP contribution in [0.3, 0.4) is 0 Å². The van der Waals surface area contributed by atoms with Gasteiger partial charge in [0.1, 0.15) is 0 Å². The van der Waals surface area contributed by atoms with Crippen LogP contribution < -0.4 is 0 Å². The van der Waals surface area contributed by atoms with Crippen LogP contribution in [0.2, 0.25) is 0 Å². The van der Waals surface area contributed by atoms with Crippen LogP contribution in [0.4, 0.5) is 0 Å². The Kier molecular flexibility index (Phi) is 5.49. The molecule has 0 fully saturated rings. The molecule has 0 amide bonds. The lowest BCUT2D eigenvalue weighted by molar-refractivity contribution is 0.378. The van der Waals surface area contributed by atoms with Crippen LogP contribution >= 0.6 is 11.8 Å². The van der Waals surface area contributed by atoms with Crippen molar-refractivity contribution in [3.8, 4) is 11.4 Å². The first-order valence-electron chi connectivity index (χ1n) is 8.54. The molecule has 0 saturated carbocycles. The summed E-state index contributed by atoms with van der Waals surface area (Å²) in [5.74, 6) is 2.08. The van der Waals surface area contributed by atoms with Crippen LogP contribution in [0.15, 0.2) is 64.5 Å². The highest BCUT2D eigenvalue weighted by molar-refractivity contribution is 7.99. The van der Waals surface area contributed by atoms with Crippen molar-refractivity contribution in [3.05, 3.63) is 66.3 Å². The minimum atomic E-state index is 0.590. The average molecular weight is 379 g/mol. The zero-order valence-electron chi connectivity index (χ0n) is 14.5. The quantitative estimate of drug-likeness (QED) is 0.341. The zero-order valence-corrected chi connectivity index (χ0v) is 15.3. The van der Waals surface area contributed by atoms with E-state index in [9.17, 15) is 0 Å². The van der Waals surface area contributed by atoms with Crippen LogP contribution in [0.5, 0.6) is 0 Å². The number of benzene rings is 1. The molecule has 0 N–H and O–H groups in total. The fraction of sp³-hybridized carbons (Fsp3) is 0.222. The van der Waals surface area contributed by atoms with Gasteiger partial charge in [0.2, 0.25) is 16.9 Å². The Bertz CT molecular complexity index is 972. The molecule has 0 radical (unpaired) electrons. The lowest BCUT2D eigenvalue weighted by atomic mass is 10.2. The van der Waals surface area contributed by atoms with Gasteiger partial charge in [0.05, 0.1) is 6.54 Å². The minimum Gasteiger partial charge on any atom is -0.339 e. The SMILES string of the molecule is c1ccc(Cn2nnnc2SCCCc2nc(-c3ccncc3)no2)cc1. The number of tetrazole rings is 1. The van der Waals surface area contributed by atoms with Crippen molar-refractivity contribution in [2.75, 3.05) is 5.75 Å². The molecule has 3 heterocycles. The molecule has 0 unspecified atom stereocenters. The molecule has 9 heteroatoms. The minimum absolute atomic E-state index is 0.590. The highest BCUT2D eigenvalue weighted by Gasteiger charge is 2.10. The number of thioether (sulfide) groups is 1. The Morgan fingerprint density at radius 3 is 2.74 bits per heavy atom. The summed E-state index contributed by atoms with van der Waals surface area (Å²) in [7, 11) is 0. The van der Waals surface area contributed by atoms with Crippen molar-refractivity contribution < 1.29 is 4.52 Å². The number of aryl methyl sites for hydroxylation is 1. The summed E-state index contributed by atoms with van der Waals surface area (Å²) in [6.45, 7) is 0.662. The van der Waals surface area contributed by atoms with Gasteiger partial charge in [-0.3, -0.25) is 4.98 Å². The number of hydrogen-bond acceptors (Lipinski definition) is 8. The molecular formula is C18H17N7OS. The Labute approximate surface area is 160 Å². The first-order valence-corrected chi connectivity index (χ1v) is 9.53. The smallest absolute Gasteiger partial charge is 0.226 e. The van der Waals surface area contributed by atoms with E-state index in [0.29, 0.717) is 24.7 Å². The van der Waals surface area contributed by atoms with Gasteiger partial charge in [0.25, 0.3) is 0 Å². The van der Waals surface area contributed by atoms with Crippen LogP contribution in [0, 0.1) is 0 Å². The monoisotopic (exact) mass is 379 g/mol. The number of pyridine rings is 1. The van der Waals surface area contributed by atoms with Gasteiger partial charge in [-0.15, -0.1) is 5.10 Å². The van der Waals surface area contributed by atoms with E-state index in [-0.39, 0.29) is 0 Å². The first-order chi connectivity index (χ1) is 13.4. The predicted molar refractivity (Wildman–Crippen MR) is 99.9 cm³/mol. The van der Waals surface area contributed by atoms with Gasteiger partial charge in [-0.25, -0.2) is 4.68 Å². The molecule has 0 aliphatic carbocycles. The Morgan fingerprint density at radius 2 is 1.89 bits per heavy atom. The first kappa shape index (κ1) is 17.3. The molecule has 0 bridgehead atoms. The topological polar surface area (TPSA) is 95.4 Å². The summed E-state index contributed by atoms with van der Waals surface area (Å²) in [4.78, 5) is 8.42. The summed E-state index contributed by atoms with van der Waals surface area (Å²) in [6.07, 6.45) is 5.02. The maximum Gasteiger partial charge on any atom is 0.226 e. The van der Waals surface area contributed by atoms with Gasteiger partial charge in [0, 0.05) is 30.1 Å². The van der Waals surface area contributed by atoms with Gasteiger partial charge >= 0.3 is 0 Å². The van der Waals surface area contributed by atoms with Gasteiger partial charge < -0.3 is 4.52 Å². The van der Waals surface area contributed by atoms with Crippen LogP contribution in [0.1, 0.15) is 17.9 Å². The highest BCUT2D eigenvalue weighted by atomic mass is 32.2. The summed E-state index contributed by atoms with van der Waals surface area (Å²) < 4.78 is 7.14. The summed E-state index contributed by atoms with van der Waals surface area (Å²) in [6, 6.07) is 13.9. The third-order valence-electron chi connectivity index (χ3n) is 3.85. The number of nitrogens with zero attached hydrogens (tertiary/aromatic N) is 7. The molecule has 0 spiro atoms. The molecule has 27 heavy (non-hydrogen) atoms. The van der Waals surface area contributed by atoms with Crippen molar-refractivity contribution in [1.29, 1.82) is 0 Å². The van der Waals surface area contributed by atoms with E-state index < -0.39 is 0 Å². The molecule has 3 aromatic heterocycles. The summed E-state index contributed by atoms with van der Waals surface area (Å²) in [5.41, 5.74) is 2.07. The largest absolute Gasteiger partial charge is 0.339 e. The molecule has 1 aromatic carbocycles. The van der Waals surface area contributed by atoms with E-state index in [2.05, 4.69) is 42.8 Å². The molecule has 0 atom stereocenters. The fourth-order valence-electron chi connectivity index (χ4n) is 2.52. The van der Waals surface area contributed by atoms with E-state index >= 15 is 0 Å². The van der Waals surface area contributed by atoms with Crippen molar-refractivity contribution in [1.82, 2.24) is 35.3 Å². The van der Waals surface area contributed by atoms with E-state index in [1.165, 1.54) is 5.56 Å². The van der Waals surface area contributed by atoms with E-state index in [0.717, 1.165) is 22.9 Å². The second-order valence-corrected chi connectivity index (χ2v) is 6.87. The summed E-state index contributed by atoms with van der Waals surface area (Å²) >= 11 is 1.62. The standard InChI is InChI=1S/C18H17N7OS/c1-2-5-14(6-3-1)13-25-18(21-23-24-25)27-12-4-7-16-20-17(22-26-16)15-8-10-19-11-9-15/h1-3,5-6,8-11H,4,7,12-13H2. The third kappa shape index (κ3) is 4.56. The normalized spacial score (nSPS) is 11.0. The van der Waals surface area contributed by atoms with E-state index in [4.69, 9.17) is 4.52 Å². The van der Waals surface area contributed by atoms with E-state index in [1.807, 2.05) is 35.0 Å². The molecular weight excluding hydrogens is 362 g/mol. The van der Waals surface area contributed by atoms with Crippen LogP contribution in [-0.2, 0) is 13.0 Å².